The number of nitrogens with two attached hydrogens (primary N) is 1. The lowest BCUT2D eigenvalue weighted by molar-refractivity contribution is -0.300. The van der Waals surface area contributed by atoms with Crippen molar-refractivity contribution in [3.8, 4) is 0 Å². The number of carbonyl (C=O) groups is 1. The zero-order chi connectivity index (χ0) is 13.9. The molecule has 1 aromatic rings. The van der Waals surface area contributed by atoms with Crippen LogP contribution in [-0.4, -0.2) is 30.5 Å². The quantitative estimate of drug-likeness (QED) is 0.888. The molecule has 5 heteroatoms. The average Bonchev–Trinajstić information content (AvgIpc) is 2.42. The van der Waals surface area contributed by atoms with E-state index in [0.717, 1.165) is 5.56 Å². The predicted molar refractivity (Wildman–Crippen MR) is 69.1 cm³/mol. The first kappa shape index (κ1) is 14.0. The van der Waals surface area contributed by atoms with E-state index in [1.54, 1.807) is 0 Å². The van der Waals surface area contributed by atoms with Crippen LogP contribution in [0.4, 0.5) is 0 Å². The number of carbonyl (C=O) groups excluding carboxylic acids is 1. The third-order valence-electron chi connectivity index (χ3n) is 3.18. The molecule has 1 heterocycles. The van der Waals surface area contributed by atoms with E-state index in [0.29, 0.717) is 6.61 Å². The van der Waals surface area contributed by atoms with Crippen molar-refractivity contribution in [1.29, 1.82) is 0 Å². The zero-order valence-corrected chi connectivity index (χ0v) is 11.2. The molecule has 1 amide bonds. The Kier molecular flexibility index (Phi) is 3.89. The van der Waals surface area contributed by atoms with E-state index < -0.39 is 17.3 Å². The lowest BCUT2D eigenvalue weighted by Crippen LogP contribution is -2.57. The normalized spacial score (nSPS) is 31.1. The van der Waals surface area contributed by atoms with Crippen molar-refractivity contribution in [2.75, 3.05) is 13.2 Å². The lowest BCUT2D eigenvalue weighted by Gasteiger charge is -2.41. The Morgan fingerprint density at radius 3 is 2.37 bits per heavy atom. The third kappa shape index (κ3) is 3.32. The lowest BCUT2D eigenvalue weighted by atomic mass is 10.1. The molecule has 104 valence electrons. The molecule has 1 aromatic carbocycles. The highest BCUT2D eigenvalue weighted by Gasteiger charge is 2.44. The van der Waals surface area contributed by atoms with E-state index in [4.69, 9.17) is 19.9 Å². The number of amides is 1. The maximum Gasteiger partial charge on any atom is 0.277 e. The summed E-state index contributed by atoms with van der Waals surface area (Å²) in [6.07, 6.45) is 0. The summed E-state index contributed by atoms with van der Waals surface area (Å²) in [7, 11) is 0. The molecule has 1 aliphatic heterocycles. The number of benzene rings is 1. The third-order valence-corrected chi connectivity index (χ3v) is 3.18. The molecule has 2 rings (SSSR count). The number of primary amides is 1. The minimum absolute atomic E-state index is 0.263. The molecule has 1 saturated heterocycles. The smallest absolute Gasteiger partial charge is 0.277 e. The molecular weight excluding hydrogens is 246 g/mol. The summed E-state index contributed by atoms with van der Waals surface area (Å²) in [6.45, 7) is 4.40. The van der Waals surface area contributed by atoms with Crippen LogP contribution in [0.3, 0.4) is 0 Å². The summed E-state index contributed by atoms with van der Waals surface area (Å²) in [4.78, 5) is 11.2. The number of ether oxygens (including phenoxy) is 3. The molecule has 0 bridgehead atoms. The summed E-state index contributed by atoms with van der Waals surface area (Å²) in [5, 5.41) is 0. The largest absolute Gasteiger partial charge is 0.366 e. The van der Waals surface area contributed by atoms with Gasteiger partial charge in [0.25, 0.3) is 5.91 Å². The molecule has 19 heavy (non-hydrogen) atoms. The van der Waals surface area contributed by atoms with E-state index in [1.165, 1.54) is 6.92 Å². The highest BCUT2D eigenvalue weighted by Crippen LogP contribution is 2.26. The van der Waals surface area contributed by atoms with Crippen molar-refractivity contribution in [1.82, 2.24) is 0 Å². The highest BCUT2D eigenvalue weighted by atomic mass is 16.7. The Balaban J connectivity index is 1.90. The van der Waals surface area contributed by atoms with Gasteiger partial charge in [0.05, 0.1) is 19.8 Å². The fourth-order valence-electron chi connectivity index (χ4n) is 1.72. The van der Waals surface area contributed by atoms with Crippen LogP contribution in [0.25, 0.3) is 0 Å². The van der Waals surface area contributed by atoms with E-state index in [1.807, 2.05) is 37.3 Å². The number of rotatable bonds is 4. The van der Waals surface area contributed by atoms with E-state index in [-0.39, 0.29) is 13.2 Å². The van der Waals surface area contributed by atoms with Crippen molar-refractivity contribution in [2.45, 2.75) is 31.8 Å². The summed E-state index contributed by atoms with van der Waals surface area (Å²) < 4.78 is 16.6. The second-order valence-electron chi connectivity index (χ2n) is 5.11. The van der Waals surface area contributed by atoms with Crippen LogP contribution in [0.15, 0.2) is 30.3 Å². The van der Waals surface area contributed by atoms with Crippen LogP contribution in [0.5, 0.6) is 0 Å². The Labute approximate surface area is 112 Å². The molecule has 0 radical (unpaired) electrons. The summed E-state index contributed by atoms with van der Waals surface area (Å²) in [5.41, 5.74) is 5.72. The molecule has 0 aromatic heterocycles. The predicted octanol–water partition coefficient (Wildman–Crippen LogP) is 1.21. The topological polar surface area (TPSA) is 70.8 Å². The fraction of sp³-hybridized carbons (Fsp3) is 0.500. The maximum absolute atomic E-state index is 11.2. The Morgan fingerprint density at radius 1 is 1.26 bits per heavy atom. The Morgan fingerprint density at radius 2 is 1.84 bits per heavy atom. The molecule has 0 spiro atoms. The first-order valence-electron chi connectivity index (χ1n) is 6.19. The second kappa shape index (κ2) is 5.28. The highest BCUT2D eigenvalue weighted by molar-refractivity contribution is 5.81. The van der Waals surface area contributed by atoms with Crippen molar-refractivity contribution >= 4 is 5.91 Å². The van der Waals surface area contributed by atoms with Gasteiger partial charge in [-0.25, -0.2) is 0 Å². The fourth-order valence-corrected chi connectivity index (χ4v) is 1.72. The van der Waals surface area contributed by atoms with Gasteiger partial charge in [0.1, 0.15) is 5.60 Å². The minimum atomic E-state index is -1.35. The molecular formula is C14H19NO4. The monoisotopic (exact) mass is 265 g/mol. The van der Waals surface area contributed by atoms with Crippen LogP contribution in [0.1, 0.15) is 19.4 Å². The summed E-state index contributed by atoms with van der Waals surface area (Å²) in [6, 6.07) is 9.84. The van der Waals surface area contributed by atoms with Gasteiger partial charge in [-0.15, -0.1) is 0 Å². The standard InChI is InChI=1S/C14H19NO4/c1-13(17-8-11-6-4-3-5-7-11)9-18-14(2,12(15)16)19-10-13/h3-7H,8-10H2,1-2H3,(H2,15,16). The van der Waals surface area contributed by atoms with Crippen molar-refractivity contribution < 1.29 is 19.0 Å². The van der Waals surface area contributed by atoms with Gasteiger partial charge in [-0.05, 0) is 19.4 Å². The molecule has 0 aliphatic carbocycles. The summed E-state index contributed by atoms with van der Waals surface area (Å²) in [5.74, 6) is -1.98. The van der Waals surface area contributed by atoms with E-state index in [9.17, 15) is 4.79 Å². The van der Waals surface area contributed by atoms with Gasteiger partial charge in [0, 0.05) is 0 Å². The molecule has 2 N–H and O–H groups in total. The SMILES string of the molecule is CC1(OCc2ccccc2)COC(C)(C(N)=O)OC1. The van der Waals surface area contributed by atoms with Gasteiger partial charge in [0.2, 0.25) is 5.79 Å². The van der Waals surface area contributed by atoms with Gasteiger partial charge < -0.3 is 19.9 Å². The first-order valence-corrected chi connectivity index (χ1v) is 6.19. The minimum Gasteiger partial charge on any atom is -0.366 e. The van der Waals surface area contributed by atoms with Crippen LogP contribution in [0.2, 0.25) is 0 Å². The van der Waals surface area contributed by atoms with Crippen LogP contribution in [0, 0.1) is 0 Å². The molecule has 1 aliphatic rings. The zero-order valence-electron chi connectivity index (χ0n) is 11.2. The van der Waals surface area contributed by atoms with Crippen LogP contribution < -0.4 is 5.73 Å². The summed E-state index contributed by atoms with van der Waals surface area (Å²) >= 11 is 0. The van der Waals surface area contributed by atoms with Crippen LogP contribution >= 0.6 is 0 Å². The van der Waals surface area contributed by atoms with E-state index >= 15 is 0 Å². The molecule has 0 unspecified atom stereocenters. The maximum atomic E-state index is 11.2. The van der Waals surface area contributed by atoms with Crippen LogP contribution in [-0.2, 0) is 25.6 Å². The molecule has 0 saturated carbocycles. The second-order valence-corrected chi connectivity index (χ2v) is 5.11. The van der Waals surface area contributed by atoms with Gasteiger partial charge in [-0.3, -0.25) is 4.79 Å². The number of hydrogen-bond acceptors (Lipinski definition) is 4. The molecule has 5 nitrogen and oxygen atoms in total. The van der Waals surface area contributed by atoms with Crippen molar-refractivity contribution in [3.63, 3.8) is 0 Å². The average molecular weight is 265 g/mol. The molecule has 1 fully saturated rings. The molecule has 0 atom stereocenters. The van der Waals surface area contributed by atoms with Gasteiger partial charge in [-0.1, -0.05) is 30.3 Å². The first-order chi connectivity index (χ1) is 8.94. The van der Waals surface area contributed by atoms with Crippen molar-refractivity contribution in [2.24, 2.45) is 5.73 Å². The Hall–Kier alpha value is -1.43. The van der Waals surface area contributed by atoms with Gasteiger partial charge in [0.15, 0.2) is 0 Å². The van der Waals surface area contributed by atoms with E-state index in [2.05, 4.69) is 0 Å². The van der Waals surface area contributed by atoms with Gasteiger partial charge >= 0.3 is 0 Å². The van der Waals surface area contributed by atoms with Crippen molar-refractivity contribution in [3.05, 3.63) is 35.9 Å². The van der Waals surface area contributed by atoms with Gasteiger partial charge in [-0.2, -0.15) is 0 Å². The Bertz CT molecular complexity index is 438. The number of hydrogen-bond donors (Lipinski definition) is 1.